The zero-order valence-electron chi connectivity index (χ0n) is 7.86. The molecule has 2 bridgehead atoms. The number of carbonyl (C=O) groups excluding carboxylic acids is 1. The summed E-state index contributed by atoms with van der Waals surface area (Å²) < 4.78 is 5.20. The average Bonchev–Trinajstić information content (AvgIpc) is 2.54. The Kier molecular flexibility index (Phi) is 1.15. The first kappa shape index (κ1) is 7.80. The van der Waals surface area contributed by atoms with Gasteiger partial charge in [-0.25, -0.2) is 0 Å². The standard InChI is InChI=1S/C10H14O3/c1-10(2)5-3-4-6(10)9(12)13-8(4)7(5)11/h4-8,11H,3H2,1-2H3/t4-,5-,6+,7+,8+/m0/s1. The molecule has 1 saturated heterocycles. The zero-order valence-corrected chi connectivity index (χ0v) is 7.86. The van der Waals surface area contributed by atoms with Crippen molar-refractivity contribution in [2.45, 2.75) is 32.5 Å². The van der Waals surface area contributed by atoms with Crippen LogP contribution in [0.5, 0.6) is 0 Å². The molecule has 0 spiro atoms. The van der Waals surface area contributed by atoms with Crippen LogP contribution in [0.4, 0.5) is 0 Å². The van der Waals surface area contributed by atoms with Crippen molar-refractivity contribution in [3.8, 4) is 0 Å². The van der Waals surface area contributed by atoms with Crippen molar-refractivity contribution in [1.82, 2.24) is 0 Å². The van der Waals surface area contributed by atoms with Gasteiger partial charge in [0.05, 0.1) is 12.0 Å². The molecule has 3 heteroatoms. The SMILES string of the molecule is CC1(C)[C@H]2C[C@@H]3[C@@H](OC(=O)[C@@H]31)[C@@H]2O. The van der Waals surface area contributed by atoms with Gasteiger partial charge in [-0.2, -0.15) is 0 Å². The van der Waals surface area contributed by atoms with Gasteiger partial charge < -0.3 is 9.84 Å². The van der Waals surface area contributed by atoms with Crippen molar-refractivity contribution >= 4 is 5.97 Å². The molecule has 0 amide bonds. The van der Waals surface area contributed by atoms with Gasteiger partial charge in [0.15, 0.2) is 0 Å². The van der Waals surface area contributed by atoms with E-state index < -0.39 is 6.10 Å². The fourth-order valence-electron chi connectivity index (χ4n) is 3.74. The van der Waals surface area contributed by atoms with Crippen LogP contribution in [0.2, 0.25) is 0 Å². The van der Waals surface area contributed by atoms with E-state index in [0.717, 1.165) is 6.42 Å². The molecule has 0 aromatic rings. The lowest BCUT2D eigenvalue weighted by atomic mass is 9.68. The van der Waals surface area contributed by atoms with Crippen molar-refractivity contribution in [2.24, 2.45) is 23.2 Å². The van der Waals surface area contributed by atoms with Crippen molar-refractivity contribution in [3.05, 3.63) is 0 Å². The van der Waals surface area contributed by atoms with E-state index in [1.165, 1.54) is 0 Å². The second-order valence-corrected chi connectivity index (χ2v) is 5.20. The summed E-state index contributed by atoms with van der Waals surface area (Å²) >= 11 is 0. The summed E-state index contributed by atoms with van der Waals surface area (Å²) in [6, 6.07) is 0. The molecular formula is C10H14O3. The molecule has 0 aromatic heterocycles. The molecule has 1 heterocycles. The van der Waals surface area contributed by atoms with Crippen LogP contribution in [-0.4, -0.2) is 23.3 Å². The van der Waals surface area contributed by atoms with E-state index in [0.29, 0.717) is 5.92 Å². The van der Waals surface area contributed by atoms with E-state index in [1.54, 1.807) is 0 Å². The van der Waals surface area contributed by atoms with Crippen molar-refractivity contribution in [2.75, 3.05) is 0 Å². The lowest BCUT2D eigenvalue weighted by molar-refractivity contribution is -0.146. The summed E-state index contributed by atoms with van der Waals surface area (Å²) in [6.07, 6.45) is 0.369. The first-order chi connectivity index (χ1) is 6.03. The van der Waals surface area contributed by atoms with Gasteiger partial charge in [0, 0.05) is 5.92 Å². The molecule has 3 nitrogen and oxygen atoms in total. The number of aliphatic hydroxyl groups excluding tert-OH is 1. The summed E-state index contributed by atoms with van der Waals surface area (Å²) in [7, 11) is 0. The number of hydrogen-bond acceptors (Lipinski definition) is 3. The van der Waals surface area contributed by atoms with Gasteiger partial charge in [0.2, 0.25) is 0 Å². The third-order valence-corrected chi connectivity index (χ3v) is 4.39. The van der Waals surface area contributed by atoms with Gasteiger partial charge in [-0.15, -0.1) is 0 Å². The summed E-state index contributed by atoms with van der Waals surface area (Å²) in [6.45, 7) is 4.16. The minimum absolute atomic E-state index is 0.0471. The predicted octanol–water partition coefficient (Wildman–Crippen LogP) is 0.565. The highest BCUT2D eigenvalue weighted by Gasteiger charge is 2.69. The van der Waals surface area contributed by atoms with Crippen LogP contribution in [0.1, 0.15) is 20.3 Å². The summed E-state index contributed by atoms with van der Waals surface area (Å²) in [5.41, 5.74) is -0.0613. The van der Waals surface area contributed by atoms with Gasteiger partial charge in [-0.05, 0) is 17.8 Å². The lowest BCUT2D eigenvalue weighted by Crippen LogP contribution is -2.42. The quantitative estimate of drug-likeness (QED) is 0.557. The van der Waals surface area contributed by atoms with Crippen LogP contribution in [0.15, 0.2) is 0 Å². The predicted molar refractivity (Wildman–Crippen MR) is 44.8 cm³/mol. The fraction of sp³-hybridized carbons (Fsp3) is 0.900. The Morgan fingerprint density at radius 1 is 1.54 bits per heavy atom. The zero-order chi connectivity index (χ0) is 9.38. The van der Waals surface area contributed by atoms with Crippen LogP contribution >= 0.6 is 0 Å². The molecule has 0 aromatic carbocycles. The number of carbonyl (C=O) groups is 1. The highest BCUT2D eigenvalue weighted by molar-refractivity contribution is 5.78. The normalized spacial score (nSPS) is 55.6. The fourth-order valence-corrected chi connectivity index (χ4v) is 3.74. The van der Waals surface area contributed by atoms with Crippen molar-refractivity contribution < 1.29 is 14.6 Å². The Bertz CT molecular complexity index is 284. The molecule has 3 rings (SSSR count). The number of ether oxygens (including phenoxy) is 1. The molecule has 5 atom stereocenters. The average molecular weight is 182 g/mol. The van der Waals surface area contributed by atoms with Gasteiger partial charge in [0.25, 0.3) is 0 Å². The van der Waals surface area contributed by atoms with E-state index >= 15 is 0 Å². The van der Waals surface area contributed by atoms with E-state index in [-0.39, 0.29) is 29.3 Å². The van der Waals surface area contributed by atoms with Crippen LogP contribution in [0.3, 0.4) is 0 Å². The molecule has 0 unspecified atom stereocenters. The highest BCUT2D eigenvalue weighted by atomic mass is 16.6. The van der Waals surface area contributed by atoms with Crippen LogP contribution < -0.4 is 0 Å². The van der Waals surface area contributed by atoms with Crippen LogP contribution in [0.25, 0.3) is 0 Å². The third-order valence-electron chi connectivity index (χ3n) is 4.39. The Balaban J connectivity index is 2.11. The molecule has 1 N–H and O–H groups in total. The number of rotatable bonds is 0. The Hall–Kier alpha value is -0.570. The Morgan fingerprint density at radius 3 is 2.85 bits per heavy atom. The molecule has 2 aliphatic carbocycles. The largest absolute Gasteiger partial charge is 0.459 e. The summed E-state index contributed by atoms with van der Waals surface area (Å²) in [4.78, 5) is 11.5. The smallest absolute Gasteiger partial charge is 0.310 e. The van der Waals surface area contributed by atoms with E-state index in [9.17, 15) is 9.90 Å². The van der Waals surface area contributed by atoms with Gasteiger partial charge >= 0.3 is 5.97 Å². The third kappa shape index (κ3) is 0.654. The maximum absolute atomic E-state index is 11.5. The monoisotopic (exact) mass is 182 g/mol. The molecule has 72 valence electrons. The number of fused-ring (bicyclic) bond motifs is 1. The molecule has 0 radical (unpaired) electrons. The Labute approximate surface area is 77.1 Å². The summed E-state index contributed by atoms with van der Waals surface area (Å²) in [5, 5.41) is 9.88. The second-order valence-electron chi connectivity index (χ2n) is 5.20. The van der Waals surface area contributed by atoms with E-state index in [2.05, 4.69) is 13.8 Å². The maximum Gasteiger partial charge on any atom is 0.310 e. The Morgan fingerprint density at radius 2 is 2.23 bits per heavy atom. The molecular weight excluding hydrogens is 168 g/mol. The molecule has 1 aliphatic heterocycles. The number of hydrogen-bond donors (Lipinski definition) is 1. The first-order valence-corrected chi connectivity index (χ1v) is 4.92. The molecule has 3 fully saturated rings. The molecule has 13 heavy (non-hydrogen) atoms. The maximum atomic E-state index is 11.5. The van der Waals surface area contributed by atoms with Gasteiger partial charge in [0.1, 0.15) is 6.10 Å². The summed E-state index contributed by atoms with van der Waals surface area (Å²) in [5.74, 6) is 0.520. The highest BCUT2D eigenvalue weighted by Crippen LogP contribution is 2.63. The molecule has 2 saturated carbocycles. The van der Waals surface area contributed by atoms with Gasteiger partial charge in [-0.1, -0.05) is 13.8 Å². The topological polar surface area (TPSA) is 46.5 Å². The molecule has 3 aliphatic rings. The number of esters is 1. The van der Waals surface area contributed by atoms with Crippen molar-refractivity contribution in [3.63, 3.8) is 0 Å². The van der Waals surface area contributed by atoms with E-state index in [1.807, 2.05) is 0 Å². The van der Waals surface area contributed by atoms with Crippen molar-refractivity contribution in [1.29, 1.82) is 0 Å². The van der Waals surface area contributed by atoms with Crippen LogP contribution in [-0.2, 0) is 9.53 Å². The van der Waals surface area contributed by atoms with E-state index in [4.69, 9.17) is 4.74 Å². The first-order valence-electron chi connectivity index (χ1n) is 4.92. The minimum atomic E-state index is -0.414. The number of aliphatic hydroxyl groups is 1. The van der Waals surface area contributed by atoms with Crippen LogP contribution in [0, 0.1) is 23.2 Å². The van der Waals surface area contributed by atoms with Gasteiger partial charge in [-0.3, -0.25) is 4.79 Å². The minimum Gasteiger partial charge on any atom is -0.459 e. The lowest BCUT2D eigenvalue weighted by Gasteiger charge is -2.35. The second kappa shape index (κ2) is 1.92.